The molecule has 5 nitrogen and oxygen atoms in total. The summed E-state index contributed by atoms with van der Waals surface area (Å²) in [7, 11) is 3.36. The van der Waals surface area contributed by atoms with Gasteiger partial charge in [-0.3, -0.25) is 9.20 Å². The summed E-state index contributed by atoms with van der Waals surface area (Å²) < 4.78 is 7.52. The van der Waals surface area contributed by atoms with Gasteiger partial charge in [-0.25, -0.2) is 4.98 Å². The largest absolute Gasteiger partial charge is 0.367 e. The molecule has 6 heteroatoms. The molecule has 0 aliphatic rings. The molecule has 0 bridgehead atoms. The zero-order valence-electron chi connectivity index (χ0n) is 14.3. The van der Waals surface area contributed by atoms with Crippen molar-refractivity contribution >= 4 is 22.2 Å². The van der Waals surface area contributed by atoms with Crippen LogP contribution in [0.1, 0.15) is 27.9 Å². The number of ether oxygens (including phenoxy) is 1. The molecule has 1 atom stereocenters. The molecule has 0 spiro atoms. The fraction of sp³-hybridized carbons (Fsp3) is 0.333. The first-order chi connectivity index (χ1) is 11.5. The molecule has 24 heavy (non-hydrogen) atoms. The number of rotatable bonds is 5. The van der Waals surface area contributed by atoms with Gasteiger partial charge in [0.05, 0.1) is 17.9 Å². The predicted octanol–water partition coefficient (Wildman–Crippen LogP) is 3.36. The lowest BCUT2D eigenvalue weighted by molar-refractivity contribution is -0.141. The molecule has 3 rings (SSSR count). The van der Waals surface area contributed by atoms with Crippen LogP contribution in [0, 0.1) is 13.8 Å². The number of nitrogens with zero attached hydrogens (tertiary/aromatic N) is 3. The summed E-state index contributed by atoms with van der Waals surface area (Å²) in [6.07, 6.45) is 1.47. The van der Waals surface area contributed by atoms with Crippen LogP contribution in [0.5, 0.6) is 0 Å². The Labute approximate surface area is 145 Å². The molecule has 0 fully saturated rings. The molecule has 2 heterocycles. The zero-order chi connectivity index (χ0) is 17.3. The standard InChI is InChI=1S/C18H21N3O2S/c1-12-10-21-15(13(2)19-18(21)24-12)11-20(3)17(22)16(23-4)14-8-6-5-7-9-14/h5-10,16H,11H2,1-4H3/t16-/m1/s1. The van der Waals surface area contributed by atoms with Gasteiger partial charge in [-0.05, 0) is 19.4 Å². The summed E-state index contributed by atoms with van der Waals surface area (Å²) in [5.41, 5.74) is 2.85. The topological polar surface area (TPSA) is 46.8 Å². The lowest BCUT2D eigenvalue weighted by Crippen LogP contribution is -2.32. The van der Waals surface area contributed by atoms with Crippen molar-refractivity contribution in [3.63, 3.8) is 0 Å². The number of aromatic nitrogens is 2. The second kappa shape index (κ2) is 6.75. The third kappa shape index (κ3) is 3.07. The number of aryl methyl sites for hydroxylation is 2. The first kappa shape index (κ1) is 16.7. The summed E-state index contributed by atoms with van der Waals surface area (Å²) in [6.45, 7) is 4.53. The van der Waals surface area contributed by atoms with Crippen molar-refractivity contribution < 1.29 is 9.53 Å². The van der Waals surface area contributed by atoms with Gasteiger partial charge in [0.25, 0.3) is 5.91 Å². The normalized spacial score (nSPS) is 12.5. The van der Waals surface area contributed by atoms with Gasteiger partial charge in [-0.2, -0.15) is 0 Å². The number of likely N-dealkylation sites (N-methyl/N-ethyl adjacent to an activating group) is 1. The van der Waals surface area contributed by atoms with Gasteiger partial charge in [0.2, 0.25) is 0 Å². The third-order valence-corrected chi connectivity index (χ3v) is 4.96. The van der Waals surface area contributed by atoms with E-state index in [1.54, 1.807) is 30.4 Å². The first-order valence-corrected chi connectivity index (χ1v) is 8.59. The van der Waals surface area contributed by atoms with E-state index >= 15 is 0 Å². The summed E-state index contributed by atoms with van der Waals surface area (Å²) in [6, 6.07) is 9.56. The number of hydrogen-bond donors (Lipinski definition) is 0. The van der Waals surface area contributed by atoms with Crippen LogP contribution in [0.25, 0.3) is 4.96 Å². The van der Waals surface area contributed by atoms with Crippen molar-refractivity contribution in [3.8, 4) is 0 Å². The average molecular weight is 343 g/mol. The van der Waals surface area contributed by atoms with Crippen LogP contribution < -0.4 is 0 Å². The number of hydrogen-bond acceptors (Lipinski definition) is 4. The van der Waals surface area contributed by atoms with Gasteiger partial charge < -0.3 is 9.64 Å². The van der Waals surface area contributed by atoms with Crippen LogP contribution in [-0.2, 0) is 16.1 Å². The highest BCUT2D eigenvalue weighted by Crippen LogP contribution is 2.23. The molecule has 0 saturated carbocycles. The minimum absolute atomic E-state index is 0.0648. The van der Waals surface area contributed by atoms with E-state index in [-0.39, 0.29) is 5.91 Å². The maximum atomic E-state index is 12.8. The van der Waals surface area contributed by atoms with E-state index in [1.807, 2.05) is 37.3 Å². The summed E-state index contributed by atoms with van der Waals surface area (Å²) in [5.74, 6) is -0.0648. The van der Waals surface area contributed by atoms with Gasteiger partial charge in [0.15, 0.2) is 11.1 Å². The van der Waals surface area contributed by atoms with Gasteiger partial charge in [0.1, 0.15) is 0 Å². The lowest BCUT2D eigenvalue weighted by atomic mass is 10.1. The molecule has 3 aromatic rings. The van der Waals surface area contributed by atoms with Gasteiger partial charge in [-0.1, -0.05) is 30.3 Å². The highest BCUT2D eigenvalue weighted by molar-refractivity contribution is 7.17. The Morgan fingerprint density at radius 2 is 2.04 bits per heavy atom. The molecular formula is C18H21N3O2S. The van der Waals surface area contributed by atoms with E-state index < -0.39 is 6.10 Å². The van der Waals surface area contributed by atoms with Gasteiger partial charge >= 0.3 is 0 Å². The SMILES string of the molecule is CO[C@@H](C(=O)N(C)Cc1c(C)nc2sc(C)cn12)c1ccccc1. The fourth-order valence-electron chi connectivity index (χ4n) is 2.81. The minimum atomic E-state index is -0.593. The Morgan fingerprint density at radius 1 is 1.33 bits per heavy atom. The number of fused-ring (bicyclic) bond motifs is 1. The maximum absolute atomic E-state index is 12.8. The van der Waals surface area contributed by atoms with Crippen molar-refractivity contribution in [1.82, 2.24) is 14.3 Å². The number of carbonyl (C=O) groups excluding carboxylic acids is 1. The summed E-state index contributed by atoms with van der Waals surface area (Å²) in [4.78, 5) is 21.3. The number of carbonyl (C=O) groups is 1. The zero-order valence-corrected chi connectivity index (χ0v) is 15.1. The second-order valence-electron chi connectivity index (χ2n) is 5.86. The van der Waals surface area contributed by atoms with E-state index in [0.29, 0.717) is 6.54 Å². The van der Waals surface area contributed by atoms with E-state index in [9.17, 15) is 4.79 Å². The first-order valence-electron chi connectivity index (χ1n) is 7.78. The molecule has 2 aromatic heterocycles. The van der Waals surface area contributed by atoms with Crippen LogP contribution in [0.2, 0.25) is 0 Å². The van der Waals surface area contributed by atoms with Crippen molar-refractivity contribution in [2.75, 3.05) is 14.2 Å². The summed E-state index contributed by atoms with van der Waals surface area (Å²) in [5, 5.41) is 0. The minimum Gasteiger partial charge on any atom is -0.367 e. The number of benzene rings is 1. The van der Waals surface area contributed by atoms with Crippen molar-refractivity contribution in [1.29, 1.82) is 0 Å². The van der Waals surface area contributed by atoms with Crippen LogP contribution in [-0.4, -0.2) is 34.3 Å². The number of amides is 1. The molecule has 0 N–H and O–H groups in total. The Bertz CT molecular complexity index is 854. The summed E-state index contributed by atoms with van der Waals surface area (Å²) >= 11 is 1.65. The van der Waals surface area contributed by atoms with Crippen molar-refractivity contribution in [3.05, 3.63) is 58.4 Å². The molecule has 126 valence electrons. The van der Waals surface area contributed by atoms with E-state index in [4.69, 9.17) is 4.74 Å². The van der Waals surface area contributed by atoms with Crippen molar-refractivity contribution in [2.24, 2.45) is 0 Å². The van der Waals surface area contributed by atoms with E-state index in [2.05, 4.69) is 22.5 Å². The Morgan fingerprint density at radius 3 is 2.71 bits per heavy atom. The molecule has 0 saturated heterocycles. The number of thiazole rings is 1. The third-order valence-electron chi connectivity index (χ3n) is 4.07. The molecule has 0 radical (unpaired) electrons. The van der Waals surface area contributed by atoms with Crippen LogP contribution in [0.15, 0.2) is 36.5 Å². The quantitative estimate of drug-likeness (QED) is 0.714. The molecule has 0 aliphatic heterocycles. The average Bonchev–Trinajstić information content (AvgIpc) is 3.05. The van der Waals surface area contributed by atoms with Gasteiger partial charge in [-0.15, -0.1) is 11.3 Å². The Balaban J connectivity index is 1.83. The molecule has 1 amide bonds. The predicted molar refractivity (Wildman–Crippen MR) is 95.2 cm³/mol. The molecule has 0 aliphatic carbocycles. The fourth-order valence-corrected chi connectivity index (χ4v) is 3.70. The van der Waals surface area contributed by atoms with Gasteiger partial charge in [0, 0.05) is 25.2 Å². The highest BCUT2D eigenvalue weighted by Gasteiger charge is 2.25. The van der Waals surface area contributed by atoms with Crippen LogP contribution in [0.4, 0.5) is 0 Å². The molecule has 0 unspecified atom stereocenters. The monoisotopic (exact) mass is 343 g/mol. The smallest absolute Gasteiger partial charge is 0.256 e. The second-order valence-corrected chi connectivity index (χ2v) is 7.07. The Hall–Kier alpha value is -2.18. The van der Waals surface area contributed by atoms with E-state index in [1.165, 1.54) is 4.88 Å². The Kier molecular flexibility index (Phi) is 4.69. The van der Waals surface area contributed by atoms with Crippen LogP contribution >= 0.6 is 11.3 Å². The maximum Gasteiger partial charge on any atom is 0.256 e. The highest BCUT2D eigenvalue weighted by atomic mass is 32.1. The molecular weight excluding hydrogens is 322 g/mol. The van der Waals surface area contributed by atoms with Crippen molar-refractivity contribution in [2.45, 2.75) is 26.5 Å². The van der Waals surface area contributed by atoms with Crippen LogP contribution in [0.3, 0.4) is 0 Å². The number of imidazole rings is 1. The molecule has 1 aromatic carbocycles. The van der Waals surface area contributed by atoms with E-state index in [0.717, 1.165) is 21.9 Å². The number of methoxy groups -OCH3 is 1. The lowest BCUT2D eigenvalue weighted by Gasteiger charge is -2.23.